The number of rotatable bonds is 3. The van der Waals surface area contributed by atoms with Crippen LogP contribution in [0.4, 0.5) is 20.2 Å². The minimum absolute atomic E-state index is 0.309. The Balaban J connectivity index is 2.91. The summed E-state index contributed by atoms with van der Waals surface area (Å²) >= 11 is 0. The normalized spacial score (nSPS) is 10.2. The average Bonchev–Trinajstić information content (AvgIpc) is 2.20. The molecule has 6 nitrogen and oxygen atoms in total. The highest BCUT2D eigenvalue weighted by Crippen LogP contribution is 2.27. The highest BCUT2D eigenvalue weighted by molar-refractivity contribution is 5.94. The van der Waals surface area contributed by atoms with Crippen molar-refractivity contribution in [3.8, 4) is 5.75 Å². The Morgan fingerprint density at radius 1 is 1.50 bits per heavy atom. The van der Waals surface area contributed by atoms with Gasteiger partial charge in [-0.2, -0.15) is 8.78 Å². The fourth-order valence-corrected chi connectivity index (χ4v) is 0.927. The van der Waals surface area contributed by atoms with E-state index in [0.29, 0.717) is 0 Å². The van der Waals surface area contributed by atoms with Crippen LogP contribution in [0.3, 0.4) is 0 Å². The van der Waals surface area contributed by atoms with E-state index in [9.17, 15) is 28.8 Å². The molecule has 0 aliphatic rings. The van der Waals surface area contributed by atoms with Crippen LogP contribution in [0.25, 0.3) is 0 Å². The smallest absolute Gasteiger partial charge is 0.315 e. The summed E-state index contributed by atoms with van der Waals surface area (Å²) in [5, 5.41) is 21.2. The number of nitro groups is 1. The summed E-state index contributed by atoms with van der Waals surface area (Å²) in [6.45, 7) is 0. The fourth-order valence-electron chi connectivity index (χ4n) is 0.927. The Morgan fingerprint density at radius 2 is 2.12 bits per heavy atom. The van der Waals surface area contributed by atoms with Crippen LogP contribution in [0.1, 0.15) is 0 Å². The number of halogens is 2. The minimum Gasteiger partial charge on any atom is -0.506 e. The molecule has 0 bridgehead atoms. The van der Waals surface area contributed by atoms with Crippen molar-refractivity contribution >= 4 is 17.3 Å². The third kappa shape index (κ3) is 2.62. The van der Waals surface area contributed by atoms with Crippen molar-refractivity contribution in [2.75, 3.05) is 5.32 Å². The molecule has 0 aromatic heterocycles. The van der Waals surface area contributed by atoms with Crippen molar-refractivity contribution in [1.82, 2.24) is 0 Å². The molecule has 0 aliphatic heterocycles. The summed E-state index contributed by atoms with van der Waals surface area (Å²) in [5.74, 6) is -2.24. The van der Waals surface area contributed by atoms with E-state index >= 15 is 0 Å². The number of hydrogen-bond acceptors (Lipinski definition) is 4. The number of aromatic hydroxyl groups is 1. The second kappa shape index (κ2) is 4.51. The molecule has 0 spiro atoms. The molecule has 1 amide bonds. The summed E-state index contributed by atoms with van der Waals surface area (Å²) in [6.07, 6.45) is -3.23. The molecule has 86 valence electrons. The lowest BCUT2D eigenvalue weighted by atomic mass is 10.2. The fraction of sp³-hybridized carbons (Fsp3) is 0.125. The summed E-state index contributed by atoms with van der Waals surface area (Å²) in [5.41, 5.74) is -0.719. The predicted molar refractivity (Wildman–Crippen MR) is 49.4 cm³/mol. The number of phenolic OH excluding ortho intramolecular Hbond substituents is 1. The molecule has 0 radical (unpaired) electrons. The maximum absolute atomic E-state index is 11.9. The SMILES string of the molecule is O=C(Nc1ccc([N+](=O)[O-])cc1O)C(F)F. The van der Waals surface area contributed by atoms with Crippen LogP contribution < -0.4 is 5.32 Å². The van der Waals surface area contributed by atoms with Gasteiger partial charge in [0.2, 0.25) is 0 Å². The number of phenols is 1. The first-order valence-corrected chi connectivity index (χ1v) is 3.98. The summed E-state index contributed by atoms with van der Waals surface area (Å²) in [4.78, 5) is 20.1. The van der Waals surface area contributed by atoms with Gasteiger partial charge in [0.1, 0.15) is 5.75 Å². The van der Waals surface area contributed by atoms with Crippen molar-refractivity contribution in [3.05, 3.63) is 28.3 Å². The van der Waals surface area contributed by atoms with Gasteiger partial charge in [-0.05, 0) is 6.07 Å². The van der Waals surface area contributed by atoms with Crippen LogP contribution in [0.2, 0.25) is 0 Å². The van der Waals surface area contributed by atoms with E-state index in [-0.39, 0.29) is 5.69 Å². The lowest BCUT2D eigenvalue weighted by molar-refractivity contribution is -0.384. The number of carbonyl (C=O) groups excluding carboxylic acids is 1. The van der Waals surface area contributed by atoms with Gasteiger partial charge in [-0.3, -0.25) is 14.9 Å². The second-order valence-electron chi connectivity index (χ2n) is 2.75. The molecule has 0 unspecified atom stereocenters. The minimum atomic E-state index is -3.23. The second-order valence-corrected chi connectivity index (χ2v) is 2.75. The van der Waals surface area contributed by atoms with Gasteiger partial charge >= 0.3 is 6.43 Å². The average molecular weight is 232 g/mol. The number of amides is 1. The molecule has 0 saturated heterocycles. The maximum atomic E-state index is 11.9. The van der Waals surface area contributed by atoms with E-state index in [1.807, 2.05) is 0 Å². The van der Waals surface area contributed by atoms with Crippen molar-refractivity contribution in [2.24, 2.45) is 0 Å². The Labute approximate surface area is 87.7 Å². The summed E-state index contributed by atoms with van der Waals surface area (Å²) in [7, 11) is 0. The van der Waals surface area contributed by atoms with Gasteiger partial charge in [-0.15, -0.1) is 0 Å². The van der Waals surface area contributed by atoms with Crippen LogP contribution in [-0.4, -0.2) is 22.4 Å². The number of alkyl halides is 2. The highest BCUT2D eigenvalue weighted by Gasteiger charge is 2.18. The molecule has 0 heterocycles. The molecule has 2 N–H and O–H groups in total. The van der Waals surface area contributed by atoms with Crippen LogP contribution in [0.5, 0.6) is 5.75 Å². The first kappa shape index (κ1) is 11.8. The van der Waals surface area contributed by atoms with E-state index in [1.165, 1.54) is 0 Å². The third-order valence-corrected chi connectivity index (χ3v) is 1.65. The zero-order valence-electron chi connectivity index (χ0n) is 7.68. The van der Waals surface area contributed by atoms with Gasteiger partial charge in [-0.25, -0.2) is 0 Å². The zero-order valence-corrected chi connectivity index (χ0v) is 7.68. The van der Waals surface area contributed by atoms with Crippen LogP contribution in [-0.2, 0) is 4.79 Å². The Bertz CT molecular complexity index is 436. The number of carbonyl (C=O) groups is 1. The molecule has 0 aliphatic carbocycles. The van der Waals surface area contributed by atoms with Crippen molar-refractivity contribution in [2.45, 2.75) is 6.43 Å². The number of benzene rings is 1. The molecular weight excluding hydrogens is 226 g/mol. The van der Waals surface area contributed by atoms with Crippen LogP contribution in [0, 0.1) is 10.1 Å². The van der Waals surface area contributed by atoms with Crippen LogP contribution >= 0.6 is 0 Å². The molecule has 16 heavy (non-hydrogen) atoms. The largest absolute Gasteiger partial charge is 0.506 e. The van der Waals surface area contributed by atoms with Crippen molar-refractivity contribution < 1.29 is 23.6 Å². The monoisotopic (exact) mass is 232 g/mol. The molecule has 8 heteroatoms. The van der Waals surface area contributed by atoms with E-state index in [0.717, 1.165) is 18.2 Å². The number of nitro benzene ring substituents is 1. The lowest BCUT2D eigenvalue weighted by Crippen LogP contribution is -2.20. The summed E-state index contributed by atoms with van der Waals surface area (Å²) < 4.78 is 23.7. The molecule has 0 atom stereocenters. The highest BCUT2D eigenvalue weighted by atomic mass is 19.3. The van der Waals surface area contributed by atoms with Gasteiger partial charge < -0.3 is 10.4 Å². The molecule has 1 aromatic carbocycles. The van der Waals surface area contributed by atoms with Gasteiger partial charge in [-0.1, -0.05) is 0 Å². The number of anilines is 1. The topological polar surface area (TPSA) is 92.5 Å². The van der Waals surface area contributed by atoms with Crippen molar-refractivity contribution in [1.29, 1.82) is 0 Å². The molecular formula is C8H6F2N2O4. The van der Waals surface area contributed by atoms with Gasteiger partial charge in [0.25, 0.3) is 11.6 Å². The van der Waals surface area contributed by atoms with Gasteiger partial charge in [0.15, 0.2) is 0 Å². The Morgan fingerprint density at radius 3 is 2.56 bits per heavy atom. The third-order valence-electron chi connectivity index (χ3n) is 1.65. The standard InChI is InChI=1S/C8H6F2N2O4/c9-7(10)8(14)11-5-2-1-4(12(15)16)3-6(5)13/h1-3,7,13H,(H,11,14). The Hall–Kier alpha value is -2.25. The number of hydrogen-bond donors (Lipinski definition) is 2. The first-order chi connectivity index (χ1) is 7.41. The van der Waals surface area contributed by atoms with Gasteiger partial charge in [0, 0.05) is 6.07 Å². The molecule has 1 rings (SSSR count). The molecule has 1 aromatic rings. The maximum Gasteiger partial charge on any atom is 0.315 e. The van der Waals surface area contributed by atoms with E-state index in [1.54, 1.807) is 5.32 Å². The number of nitrogens with one attached hydrogen (secondary N) is 1. The first-order valence-electron chi connectivity index (χ1n) is 3.98. The number of nitrogens with zero attached hydrogens (tertiary/aromatic N) is 1. The van der Waals surface area contributed by atoms with Crippen molar-refractivity contribution in [3.63, 3.8) is 0 Å². The molecule has 0 fully saturated rings. The van der Waals surface area contributed by atoms with E-state index < -0.39 is 28.7 Å². The predicted octanol–water partition coefficient (Wildman–Crippen LogP) is 1.50. The van der Waals surface area contributed by atoms with Gasteiger partial charge in [0.05, 0.1) is 16.7 Å². The van der Waals surface area contributed by atoms with E-state index in [4.69, 9.17) is 0 Å². The quantitative estimate of drug-likeness (QED) is 0.469. The number of non-ortho nitro benzene ring substituents is 1. The van der Waals surface area contributed by atoms with Crippen LogP contribution in [0.15, 0.2) is 18.2 Å². The van der Waals surface area contributed by atoms with E-state index in [2.05, 4.69) is 0 Å². The molecule has 0 saturated carbocycles. The zero-order chi connectivity index (χ0) is 12.3. The Kier molecular flexibility index (Phi) is 3.33. The summed E-state index contributed by atoms with van der Waals surface area (Å²) in [6, 6.07) is 2.69. The lowest BCUT2D eigenvalue weighted by Gasteiger charge is -2.05.